The molecule has 3 rings (SSSR count). The largest absolute Gasteiger partial charge is 0.495 e. The van der Waals surface area contributed by atoms with Gasteiger partial charge < -0.3 is 14.6 Å². The van der Waals surface area contributed by atoms with Crippen molar-refractivity contribution in [2.75, 3.05) is 12.4 Å². The molecule has 0 radical (unpaired) electrons. The molecule has 0 bridgehead atoms. The zero-order valence-electron chi connectivity index (χ0n) is 14.7. The standard InChI is InChI=1S/C18H22N4O2S/c1-12(2)11-16-20-21-18(25-16)19-15(23)8-10-22-9-7-13-5-4-6-14(24-3)17(13)22/h4-7,9,12H,8,10-11H2,1-3H3,(H,19,21,23). The third-order valence-corrected chi connectivity index (χ3v) is 4.71. The Labute approximate surface area is 150 Å². The van der Waals surface area contributed by atoms with E-state index in [9.17, 15) is 4.79 Å². The molecular weight excluding hydrogens is 336 g/mol. The van der Waals surface area contributed by atoms with Crippen LogP contribution in [0.5, 0.6) is 5.75 Å². The molecule has 1 amide bonds. The van der Waals surface area contributed by atoms with Crippen molar-refractivity contribution in [1.82, 2.24) is 14.8 Å². The van der Waals surface area contributed by atoms with Crippen molar-refractivity contribution in [1.29, 1.82) is 0 Å². The van der Waals surface area contributed by atoms with E-state index in [1.807, 2.05) is 35.0 Å². The normalized spacial score (nSPS) is 11.2. The first-order valence-electron chi connectivity index (χ1n) is 8.31. The third kappa shape index (κ3) is 4.17. The maximum absolute atomic E-state index is 12.2. The summed E-state index contributed by atoms with van der Waals surface area (Å²) in [5, 5.41) is 13.6. The number of benzene rings is 1. The maximum atomic E-state index is 12.2. The summed E-state index contributed by atoms with van der Waals surface area (Å²) in [4.78, 5) is 12.2. The number of hydrogen-bond acceptors (Lipinski definition) is 5. The fraction of sp³-hybridized carbons (Fsp3) is 0.389. The summed E-state index contributed by atoms with van der Waals surface area (Å²) in [6.07, 6.45) is 3.22. The van der Waals surface area contributed by atoms with Gasteiger partial charge in [-0.05, 0) is 18.1 Å². The average Bonchev–Trinajstić information content (AvgIpc) is 3.19. The maximum Gasteiger partial charge on any atom is 0.227 e. The van der Waals surface area contributed by atoms with E-state index in [-0.39, 0.29) is 5.91 Å². The molecule has 1 N–H and O–H groups in total. The minimum atomic E-state index is -0.0657. The van der Waals surface area contributed by atoms with Gasteiger partial charge in [0.15, 0.2) is 0 Å². The molecule has 25 heavy (non-hydrogen) atoms. The minimum absolute atomic E-state index is 0.0657. The lowest BCUT2D eigenvalue weighted by molar-refractivity contribution is -0.116. The van der Waals surface area contributed by atoms with Gasteiger partial charge in [0, 0.05) is 31.0 Å². The van der Waals surface area contributed by atoms with Crippen LogP contribution in [0.15, 0.2) is 30.5 Å². The molecule has 3 aromatic rings. The zero-order valence-corrected chi connectivity index (χ0v) is 15.5. The van der Waals surface area contributed by atoms with Gasteiger partial charge in [-0.3, -0.25) is 4.79 Å². The van der Waals surface area contributed by atoms with Crippen molar-refractivity contribution >= 4 is 33.3 Å². The number of ether oxygens (including phenoxy) is 1. The number of para-hydroxylation sites is 1. The number of methoxy groups -OCH3 is 1. The molecule has 0 unspecified atom stereocenters. The summed E-state index contributed by atoms with van der Waals surface area (Å²) in [6.45, 7) is 4.85. The lowest BCUT2D eigenvalue weighted by atomic mass is 10.1. The molecule has 2 aromatic heterocycles. The topological polar surface area (TPSA) is 69.0 Å². The predicted octanol–water partition coefficient (Wildman–Crippen LogP) is 3.73. The Bertz CT molecular complexity index is 869. The molecule has 0 saturated carbocycles. The van der Waals surface area contributed by atoms with E-state index in [1.54, 1.807) is 7.11 Å². The summed E-state index contributed by atoms with van der Waals surface area (Å²) in [7, 11) is 1.66. The molecule has 0 saturated heterocycles. The second-order valence-corrected chi connectivity index (χ2v) is 7.37. The van der Waals surface area contributed by atoms with Gasteiger partial charge in [-0.1, -0.05) is 37.3 Å². The lowest BCUT2D eigenvalue weighted by Gasteiger charge is -2.08. The summed E-state index contributed by atoms with van der Waals surface area (Å²) in [5.41, 5.74) is 1.01. The van der Waals surface area contributed by atoms with E-state index in [1.165, 1.54) is 11.3 Å². The van der Waals surface area contributed by atoms with Gasteiger partial charge in [0.1, 0.15) is 10.8 Å². The molecule has 0 aliphatic heterocycles. The first-order chi connectivity index (χ1) is 12.1. The Morgan fingerprint density at radius 2 is 2.16 bits per heavy atom. The highest BCUT2D eigenvalue weighted by molar-refractivity contribution is 7.15. The van der Waals surface area contributed by atoms with Gasteiger partial charge in [-0.25, -0.2) is 0 Å². The number of nitrogens with zero attached hydrogens (tertiary/aromatic N) is 3. The van der Waals surface area contributed by atoms with Crippen LogP contribution in [0.4, 0.5) is 5.13 Å². The average molecular weight is 358 g/mol. The predicted molar refractivity (Wildman–Crippen MR) is 100 cm³/mol. The van der Waals surface area contributed by atoms with Crippen LogP contribution in [-0.2, 0) is 17.8 Å². The van der Waals surface area contributed by atoms with Gasteiger partial charge in [-0.2, -0.15) is 0 Å². The SMILES string of the molecule is COc1cccc2ccn(CCC(=O)Nc3nnc(CC(C)C)s3)c12. The Balaban J connectivity index is 1.62. The smallest absolute Gasteiger partial charge is 0.227 e. The monoisotopic (exact) mass is 358 g/mol. The van der Waals surface area contributed by atoms with Crippen molar-refractivity contribution in [3.63, 3.8) is 0 Å². The lowest BCUT2D eigenvalue weighted by Crippen LogP contribution is -2.14. The number of rotatable bonds is 7. The number of amides is 1. The summed E-state index contributed by atoms with van der Waals surface area (Å²) in [6, 6.07) is 7.95. The van der Waals surface area contributed by atoms with Crippen LogP contribution in [0, 0.1) is 5.92 Å². The molecule has 6 nitrogen and oxygen atoms in total. The van der Waals surface area contributed by atoms with Crippen molar-refractivity contribution < 1.29 is 9.53 Å². The second kappa shape index (κ2) is 7.65. The number of aromatic nitrogens is 3. The number of carbonyl (C=O) groups excluding carboxylic acids is 1. The Kier molecular flexibility index (Phi) is 5.33. The van der Waals surface area contributed by atoms with E-state index in [2.05, 4.69) is 29.4 Å². The zero-order chi connectivity index (χ0) is 17.8. The molecule has 132 valence electrons. The summed E-state index contributed by atoms with van der Waals surface area (Å²) < 4.78 is 7.47. The first kappa shape index (κ1) is 17.4. The molecule has 0 fully saturated rings. The molecule has 0 spiro atoms. The fourth-order valence-electron chi connectivity index (χ4n) is 2.72. The van der Waals surface area contributed by atoms with Gasteiger partial charge >= 0.3 is 0 Å². The van der Waals surface area contributed by atoms with Crippen LogP contribution in [0.1, 0.15) is 25.3 Å². The van der Waals surface area contributed by atoms with E-state index in [4.69, 9.17) is 4.74 Å². The highest BCUT2D eigenvalue weighted by Gasteiger charge is 2.11. The van der Waals surface area contributed by atoms with Crippen molar-refractivity contribution in [2.24, 2.45) is 5.92 Å². The molecule has 7 heteroatoms. The van der Waals surface area contributed by atoms with Crippen LogP contribution in [-0.4, -0.2) is 27.8 Å². The Morgan fingerprint density at radius 1 is 1.32 bits per heavy atom. The molecule has 0 aliphatic carbocycles. The highest BCUT2D eigenvalue weighted by atomic mass is 32.1. The van der Waals surface area contributed by atoms with Gasteiger partial charge in [-0.15, -0.1) is 10.2 Å². The molecule has 1 aromatic carbocycles. The number of nitrogens with one attached hydrogen (secondary N) is 1. The highest BCUT2D eigenvalue weighted by Crippen LogP contribution is 2.26. The number of aryl methyl sites for hydroxylation is 1. The number of hydrogen-bond donors (Lipinski definition) is 1. The van der Waals surface area contributed by atoms with Crippen LogP contribution >= 0.6 is 11.3 Å². The number of anilines is 1. The minimum Gasteiger partial charge on any atom is -0.495 e. The molecule has 0 aliphatic rings. The third-order valence-electron chi connectivity index (χ3n) is 3.85. The van der Waals surface area contributed by atoms with Gasteiger partial charge in [0.05, 0.1) is 12.6 Å². The van der Waals surface area contributed by atoms with E-state index in [0.717, 1.165) is 28.1 Å². The van der Waals surface area contributed by atoms with Crippen LogP contribution in [0.25, 0.3) is 10.9 Å². The first-order valence-corrected chi connectivity index (χ1v) is 9.12. The molecular formula is C18H22N4O2S. The summed E-state index contributed by atoms with van der Waals surface area (Å²) in [5.74, 6) is 1.27. The van der Waals surface area contributed by atoms with Crippen LogP contribution in [0.2, 0.25) is 0 Å². The van der Waals surface area contributed by atoms with Gasteiger partial charge in [0.25, 0.3) is 0 Å². The van der Waals surface area contributed by atoms with Gasteiger partial charge in [0.2, 0.25) is 11.0 Å². The summed E-state index contributed by atoms with van der Waals surface area (Å²) >= 11 is 1.44. The van der Waals surface area contributed by atoms with Crippen molar-refractivity contribution in [3.8, 4) is 5.75 Å². The molecule has 2 heterocycles. The van der Waals surface area contributed by atoms with E-state index < -0.39 is 0 Å². The van der Waals surface area contributed by atoms with Crippen molar-refractivity contribution in [3.05, 3.63) is 35.5 Å². The van der Waals surface area contributed by atoms with Crippen LogP contribution in [0.3, 0.4) is 0 Å². The van der Waals surface area contributed by atoms with Crippen LogP contribution < -0.4 is 10.1 Å². The number of fused-ring (bicyclic) bond motifs is 1. The van der Waals surface area contributed by atoms with E-state index in [0.29, 0.717) is 24.0 Å². The number of carbonyl (C=O) groups is 1. The van der Waals surface area contributed by atoms with E-state index >= 15 is 0 Å². The Hall–Kier alpha value is -2.41. The second-order valence-electron chi connectivity index (χ2n) is 6.30. The quantitative estimate of drug-likeness (QED) is 0.699. The van der Waals surface area contributed by atoms with Crippen molar-refractivity contribution in [2.45, 2.75) is 33.2 Å². The molecule has 0 atom stereocenters. The fourth-order valence-corrected chi connectivity index (χ4v) is 3.68. The Morgan fingerprint density at radius 3 is 2.92 bits per heavy atom.